The number of hydrogen-bond donors (Lipinski definition) is 1. The standard InChI is InChI=1S/C35H60O10S2/c1-31(2,3)21-34(9,32(4,5)6)29(40)44-20-23(45-28(39)25-16-14-13-15-24(25)27(37)38)19-43-26(36)17-18-47-33(7,8)22-35(10,46-12)30(41)42-11/h23-25H,13-22H2,1-12H3,(H,37,38). The van der Waals surface area contributed by atoms with Crippen LogP contribution in [0.4, 0.5) is 0 Å². The fraction of sp³-hybridized carbons (Fsp3) is 0.857. The van der Waals surface area contributed by atoms with Crippen molar-refractivity contribution < 1.29 is 48.0 Å². The number of aliphatic carboxylic acids is 1. The Morgan fingerprint density at radius 3 is 1.85 bits per heavy atom. The van der Waals surface area contributed by atoms with Gasteiger partial charge in [-0.2, -0.15) is 11.8 Å². The quantitative estimate of drug-likeness (QED) is 0.124. The Labute approximate surface area is 290 Å². The molecule has 5 unspecified atom stereocenters. The molecular weight excluding hydrogens is 645 g/mol. The Morgan fingerprint density at radius 2 is 1.36 bits per heavy atom. The third-order valence-corrected chi connectivity index (χ3v) is 11.7. The molecule has 1 rings (SSSR count). The Kier molecular flexibility index (Phi) is 16.2. The van der Waals surface area contributed by atoms with Crippen LogP contribution in [0.25, 0.3) is 0 Å². The van der Waals surface area contributed by atoms with Gasteiger partial charge in [-0.1, -0.05) is 68.2 Å². The van der Waals surface area contributed by atoms with Gasteiger partial charge in [-0.25, -0.2) is 0 Å². The minimum atomic E-state index is -1.10. The molecular formula is C35H60O10S2. The van der Waals surface area contributed by atoms with E-state index in [0.717, 1.165) is 0 Å². The van der Waals surface area contributed by atoms with E-state index in [-0.39, 0.29) is 35.8 Å². The van der Waals surface area contributed by atoms with Crippen LogP contribution in [0.15, 0.2) is 0 Å². The van der Waals surface area contributed by atoms with Crippen molar-refractivity contribution in [3.8, 4) is 0 Å². The summed E-state index contributed by atoms with van der Waals surface area (Å²) in [7, 11) is 1.37. The van der Waals surface area contributed by atoms with Gasteiger partial charge in [0.1, 0.15) is 18.0 Å². The third-order valence-electron chi connectivity index (χ3n) is 9.12. The summed E-state index contributed by atoms with van der Waals surface area (Å²) in [6.45, 7) is 19.1. The summed E-state index contributed by atoms with van der Waals surface area (Å²) >= 11 is 2.96. The summed E-state index contributed by atoms with van der Waals surface area (Å²) < 4.78 is 20.9. The van der Waals surface area contributed by atoms with Gasteiger partial charge in [-0.05, 0) is 56.6 Å². The van der Waals surface area contributed by atoms with Crippen molar-refractivity contribution in [1.82, 2.24) is 0 Å². The molecule has 0 spiro atoms. The molecule has 0 aromatic heterocycles. The zero-order valence-electron chi connectivity index (χ0n) is 30.7. The van der Waals surface area contributed by atoms with Gasteiger partial charge in [0.2, 0.25) is 0 Å². The van der Waals surface area contributed by atoms with Crippen LogP contribution in [0.1, 0.15) is 114 Å². The van der Waals surface area contributed by atoms with Crippen molar-refractivity contribution in [2.24, 2.45) is 28.1 Å². The van der Waals surface area contributed by atoms with E-state index < -0.39 is 57.4 Å². The Hall–Kier alpha value is -1.95. The van der Waals surface area contributed by atoms with Gasteiger partial charge in [-0.3, -0.25) is 24.0 Å². The predicted molar refractivity (Wildman–Crippen MR) is 186 cm³/mol. The normalized spacial score (nSPS) is 20.6. The molecule has 1 fully saturated rings. The Bertz CT molecular complexity index is 1090. The molecule has 0 aliphatic heterocycles. The maximum Gasteiger partial charge on any atom is 0.321 e. The first-order valence-corrected chi connectivity index (χ1v) is 18.7. The summed E-state index contributed by atoms with van der Waals surface area (Å²) in [6.07, 6.45) is 4.09. The lowest BCUT2D eigenvalue weighted by molar-refractivity contribution is -0.179. The SMILES string of the molecule is COC(=O)C(C)(CC(C)(C)SCCC(=O)OCC(COC(=O)C(C)(CC(C)(C)C)C(C)(C)C)OC(=O)C1CCCCC1C(=O)O)SC. The summed E-state index contributed by atoms with van der Waals surface area (Å²) in [6, 6.07) is 0. The molecule has 12 heteroatoms. The van der Waals surface area contributed by atoms with Crippen molar-refractivity contribution >= 4 is 53.4 Å². The molecule has 10 nitrogen and oxygen atoms in total. The maximum atomic E-state index is 13.6. The Morgan fingerprint density at radius 1 is 0.809 bits per heavy atom. The van der Waals surface area contributed by atoms with Crippen LogP contribution in [-0.2, 0) is 42.9 Å². The molecule has 0 radical (unpaired) electrons. The van der Waals surface area contributed by atoms with Gasteiger partial charge in [-0.15, -0.1) is 11.8 Å². The second-order valence-corrected chi connectivity index (χ2v) is 19.1. The highest BCUT2D eigenvalue weighted by atomic mass is 32.2. The molecule has 0 amide bonds. The summed E-state index contributed by atoms with van der Waals surface area (Å²) in [4.78, 5) is 63.8. The van der Waals surface area contributed by atoms with Gasteiger partial charge >= 0.3 is 29.8 Å². The van der Waals surface area contributed by atoms with Crippen molar-refractivity contribution in [1.29, 1.82) is 0 Å². The molecule has 47 heavy (non-hydrogen) atoms. The van der Waals surface area contributed by atoms with Gasteiger partial charge in [0.25, 0.3) is 0 Å². The minimum absolute atomic E-state index is 0.0696. The number of methoxy groups -OCH3 is 1. The zero-order valence-corrected chi connectivity index (χ0v) is 32.4. The molecule has 0 bridgehead atoms. The molecule has 5 atom stereocenters. The third kappa shape index (κ3) is 13.5. The number of thioether (sulfide) groups is 2. The number of carbonyl (C=O) groups is 5. The van der Waals surface area contributed by atoms with E-state index in [2.05, 4.69) is 20.8 Å². The number of rotatable bonds is 17. The molecule has 1 saturated carbocycles. The zero-order chi connectivity index (χ0) is 36.4. The molecule has 0 heterocycles. The van der Waals surface area contributed by atoms with Crippen molar-refractivity contribution in [2.45, 2.75) is 130 Å². The van der Waals surface area contributed by atoms with Crippen LogP contribution < -0.4 is 0 Å². The minimum Gasteiger partial charge on any atom is -0.481 e. The second kappa shape index (κ2) is 17.6. The average molecular weight is 705 g/mol. The molecule has 1 aliphatic carbocycles. The largest absolute Gasteiger partial charge is 0.481 e. The fourth-order valence-electron chi connectivity index (χ4n) is 6.08. The van der Waals surface area contributed by atoms with E-state index in [4.69, 9.17) is 18.9 Å². The second-order valence-electron chi connectivity index (χ2n) is 16.0. The fourth-order valence-corrected chi connectivity index (χ4v) is 8.14. The van der Waals surface area contributed by atoms with E-state index in [1.807, 2.05) is 54.7 Å². The number of carboxylic acids is 1. The summed E-state index contributed by atoms with van der Waals surface area (Å²) in [5.74, 6) is -4.27. The molecule has 1 N–H and O–H groups in total. The van der Waals surface area contributed by atoms with E-state index in [9.17, 15) is 29.1 Å². The van der Waals surface area contributed by atoms with Gasteiger partial charge in [0, 0.05) is 10.5 Å². The predicted octanol–water partition coefficient (Wildman–Crippen LogP) is 6.95. The lowest BCUT2D eigenvalue weighted by Gasteiger charge is -2.43. The van der Waals surface area contributed by atoms with Crippen LogP contribution in [-0.4, -0.2) is 82.9 Å². The number of carboxylic acid groups (broad SMARTS) is 1. The average Bonchev–Trinajstić information content (AvgIpc) is 2.95. The lowest BCUT2D eigenvalue weighted by Crippen LogP contribution is -2.45. The lowest BCUT2D eigenvalue weighted by atomic mass is 9.61. The van der Waals surface area contributed by atoms with Crippen molar-refractivity contribution in [3.05, 3.63) is 0 Å². The van der Waals surface area contributed by atoms with E-state index in [0.29, 0.717) is 44.3 Å². The highest BCUT2D eigenvalue weighted by molar-refractivity contribution is 8.01. The van der Waals surface area contributed by atoms with Gasteiger partial charge in [0.15, 0.2) is 6.10 Å². The van der Waals surface area contributed by atoms with E-state index in [1.165, 1.54) is 30.6 Å². The Balaban J connectivity index is 3.01. The summed E-state index contributed by atoms with van der Waals surface area (Å²) in [5, 5.41) is 9.69. The van der Waals surface area contributed by atoms with Crippen LogP contribution in [0.2, 0.25) is 0 Å². The highest BCUT2D eigenvalue weighted by Gasteiger charge is 2.48. The monoisotopic (exact) mass is 704 g/mol. The van der Waals surface area contributed by atoms with E-state index >= 15 is 0 Å². The van der Waals surface area contributed by atoms with E-state index in [1.54, 1.807) is 0 Å². The van der Waals surface area contributed by atoms with Crippen LogP contribution in [0.3, 0.4) is 0 Å². The molecule has 0 aromatic carbocycles. The van der Waals surface area contributed by atoms with Gasteiger partial charge < -0.3 is 24.1 Å². The number of esters is 4. The molecule has 1 aliphatic rings. The smallest absolute Gasteiger partial charge is 0.321 e. The highest BCUT2D eigenvalue weighted by Crippen LogP contribution is 2.47. The summed E-state index contributed by atoms with van der Waals surface area (Å²) in [5.41, 5.74) is -1.48. The van der Waals surface area contributed by atoms with Crippen LogP contribution in [0, 0.1) is 28.1 Å². The first-order chi connectivity index (χ1) is 21.4. The number of ether oxygens (including phenoxy) is 4. The topological polar surface area (TPSA) is 142 Å². The first-order valence-electron chi connectivity index (χ1n) is 16.4. The van der Waals surface area contributed by atoms with Crippen molar-refractivity contribution in [3.63, 3.8) is 0 Å². The molecule has 0 saturated heterocycles. The van der Waals surface area contributed by atoms with Crippen LogP contribution in [0.5, 0.6) is 0 Å². The molecule has 272 valence electrons. The van der Waals surface area contributed by atoms with Crippen molar-refractivity contribution in [2.75, 3.05) is 32.3 Å². The maximum absolute atomic E-state index is 13.6. The first kappa shape index (κ1) is 43.1. The van der Waals surface area contributed by atoms with Gasteiger partial charge in [0.05, 0.1) is 30.8 Å². The molecule has 0 aromatic rings. The number of hydrogen-bond acceptors (Lipinski definition) is 11. The number of carbonyl (C=O) groups excluding carboxylic acids is 4. The van der Waals surface area contributed by atoms with Crippen LogP contribution >= 0.6 is 23.5 Å².